The smallest absolute Gasteiger partial charge is 0.161 e. The average Bonchev–Trinajstić information content (AvgIpc) is 2.37. The maximum absolute atomic E-state index is 13.5. The van der Waals surface area contributed by atoms with Crippen LogP contribution in [0.2, 0.25) is 0 Å². The van der Waals surface area contributed by atoms with E-state index in [4.69, 9.17) is 5.73 Å². The highest BCUT2D eigenvalue weighted by molar-refractivity contribution is 5.21. The molecule has 0 spiro atoms. The molecule has 2 N–H and O–H groups in total. The Kier molecular flexibility index (Phi) is 4.27. The van der Waals surface area contributed by atoms with Crippen LogP contribution >= 0.6 is 0 Å². The summed E-state index contributed by atoms with van der Waals surface area (Å²) in [7, 11) is 0. The van der Waals surface area contributed by atoms with Crippen LogP contribution < -0.4 is 5.73 Å². The van der Waals surface area contributed by atoms with Gasteiger partial charge in [-0.15, -0.1) is 0 Å². The van der Waals surface area contributed by atoms with E-state index in [1.165, 1.54) is 6.42 Å². The summed E-state index contributed by atoms with van der Waals surface area (Å²) < 4.78 is 39.4. The molecule has 1 fully saturated rings. The predicted molar refractivity (Wildman–Crippen MR) is 64.6 cm³/mol. The van der Waals surface area contributed by atoms with Crippen molar-refractivity contribution in [2.75, 3.05) is 0 Å². The van der Waals surface area contributed by atoms with Crippen molar-refractivity contribution < 1.29 is 13.2 Å². The molecule has 0 aliphatic heterocycles. The number of rotatable bonds is 3. The maximum atomic E-state index is 13.5. The first kappa shape index (κ1) is 13.4. The fourth-order valence-electron chi connectivity index (χ4n) is 2.70. The van der Waals surface area contributed by atoms with Crippen LogP contribution in [0.1, 0.15) is 37.7 Å². The molecule has 1 saturated carbocycles. The Balaban J connectivity index is 2.06. The van der Waals surface area contributed by atoms with Crippen molar-refractivity contribution in [2.24, 2.45) is 11.7 Å². The Morgan fingerprint density at radius 1 is 1.00 bits per heavy atom. The Morgan fingerprint density at radius 3 is 2.28 bits per heavy atom. The van der Waals surface area contributed by atoms with Crippen LogP contribution in [0.25, 0.3) is 0 Å². The molecule has 0 bridgehead atoms. The van der Waals surface area contributed by atoms with Crippen LogP contribution in [0.15, 0.2) is 12.1 Å². The van der Waals surface area contributed by atoms with E-state index in [1.807, 2.05) is 0 Å². The molecule has 1 atom stereocenters. The highest BCUT2D eigenvalue weighted by atomic mass is 19.2. The van der Waals surface area contributed by atoms with Crippen molar-refractivity contribution in [3.63, 3.8) is 0 Å². The van der Waals surface area contributed by atoms with Gasteiger partial charge in [-0.3, -0.25) is 0 Å². The highest BCUT2D eigenvalue weighted by Gasteiger charge is 2.22. The zero-order valence-corrected chi connectivity index (χ0v) is 10.3. The molecule has 1 aliphatic rings. The van der Waals surface area contributed by atoms with E-state index in [1.54, 1.807) is 0 Å². The Labute approximate surface area is 105 Å². The third-order valence-corrected chi connectivity index (χ3v) is 3.80. The van der Waals surface area contributed by atoms with Gasteiger partial charge in [0.15, 0.2) is 11.6 Å². The normalized spacial score (nSPS) is 18.9. The molecule has 0 saturated heterocycles. The lowest BCUT2D eigenvalue weighted by Crippen LogP contribution is -2.34. The summed E-state index contributed by atoms with van der Waals surface area (Å²) in [6.07, 6.45) is 5.90. The van der Waals surface area contributed by atoms with E-state index < -0.39 is 17.5 Å². The predicted octanol–water partition coefficient (Wildman–Crippen LogP) is 3.55. The number of hydrogen-bond donors (Lipinski definition) is 1. The molecule has 0 heterocycles. The first-order valence-corrected chi connectivity index (χ1v) is 6.47. The lowest BCUT2D eigenvalue weighted by molar-refractivity contribution is 0.301. The second-order valence-corrected chi connectivity index (χ2v) is 5.12. The summed E-state index contributed by atoms with van der Waals surface area (Å²) in [6.45, 7) is 0. The van der Waals surface area contributed by atoms with Crippen molar-refractivity contribution in [3.8, 4) is 0 Å². The van der Waals surface area contributed by atoms with Gasteiger partial charge in [-0.05, 0) is 36.8 Å². The molecular weight excluding hydrogens is 239 g/mol. The minimum Gasteiger partial charge on any atom is -0.327 e. The van der Waals surface area contributed by atoms with Gasteiger partial charge in [0.05, 0.1) is 0 Å². The van der Waals surface area contributed by atoms with Gasteiger partial charge in [0.1, 0.15) is 5.82 Å². The maximum Gasteiger partial charge on any atom is 0.161 e. The van der Waals surface area contributed by atoms with Crippen LogP contribution in [0, 0.1) is 23.4 Å². The van der Waals surface area contributed by atoms with Crippen LogP contribution in [0.4, 0.5) is 13.2 Å². The van der Waals surface area contributed by atoms with Crippen LogP contribution in [0.5, 0.6) is 0 Å². The van der Waals surface area contributed by atoms with Crippen LogP contribution in [-0.2, 0) is 6.42 Å². The number of hydrogen-bond acceptors (Lipinski definition) is 1. The monoisotopic (exact) mass is 257 g/mol. The summed E-state index contributed by atoms with van der Waals surface area (Å²) in [5, 5.41) is 0. The second kappa shape index (κ2) is 5.74. The van der Waals surface area contributed by atoms with Gasteiger partial charge in [0.2, 0.25) is 0 Å². The zero-order chi connectivity index (χ0) is 13.1. The minimum atomic E-state index is -1.15. The summed E-state index contributed by atoms with van der Waals surface area (Å²) in [5.74, 6) is -2.50. The first-order valence-electron chi connectivity index (χ1n) is 6.47. The van der Waals surface area contributed by atoms with Gasteiger partial charge >= 0.3 is 0 Å². The number of benzene rings is 1. The second-order valence-electron chi connectivity index (χ2n) is 5.12. The number of nitrogens with two attached hydrogens (primary N) is 1. The molecule has 1 aromatic rings. The van der Waals surface area contributed by atoms with Crippen LogP contribution in [-0.4, -0.2) is 6.04 Å². The molecule has 0 radical (unpaired) electrons. The van der Waals surface area contributed by atoms with Gasteiger partial charge in [-0.2, -0.15) is 0 Å². The molecule has 2 rings (SSSR count). The van der Waals surface area contributed by atoms with E-state index in [0.29, 0.717) is 12.0 Å². The lowest BCUT2D eigenvalue weighted by atomic mass is 9.82. The van der Waals surface area contributed by atoms with Crippen molar-refractivity contribution >= 4 is 0 Å². The summed E-state index contributed by atoms with van der Waals surface area (Å²) >= 11 is 0. The summed E-state index contributed by atoms with van der Waals surface area (Å²) in [5.41, 5.74) is 6.23. The van der Waals surface area contributed by atoms with Gasteiger partial charge < -0.3 is 5.73 Å². The molecule has 1 nitrogen and oxygen atoms in total. The Morgan fingerprint density at radius 2 is 1.61 bits per heavy atom. The average molecular weight is 257 g/mol. The largest absolute Gasteiger partial charge is 0.327 e. The molecule has 1 aliphatic carbocycles. The van der Waals surface area contributed by atoms with Crippen molar-refractivity contribution in [2.45, 2.75) is 44.6 Å². The van der Waals surface area contributed by atoms with Gasteiger partial charge in [0.25, 0.3) is 0 Å². The molecule has 1 aromatic carbocycles. The SMILES string of the molecule is N[C@H](Cc1cc(F)c(F)cc1F)C1CCCCC1. The Hall–Kier alpha value is -1.03. The Bertz CT molecular complexity index is 414. The molecule has 0 amide bonds. The van der Waals surface area contributed by atoms with E-state index in [0.717, 1.165) is 31.7 Å². The van der Waals surface area contributed by atoms with E-state index in [2.05, 4.69) is 0 Å². The molecule has 100 valence electrons. The fraction of sp³-hybridized carbons (Fsp3) is 0.571. The van der Waals surface area contributed by atoms with Gasteiger partial charge in [0, 0.05) is 12.1 Å². The van der Waals surface area contributed by atoms with Crippen molar-refractivity contribution in [1.29, 1.82) is 0 Å². The topological polar surface area (TPSA) is 26.0 Å². The minimum absolute atomic E-state index is 0.173. The van der Waals surface area contributed by atoms with Crippen molar-refractivity contribution in [1.82, 2.24) is 0 Å². The van der Waals surface area contributed by atoms with E-state index in [-0.39, 0.29) is 18.0 Å². The lowest BCUT2D eigenvalue weighted by Gasteiger charge is -2.27. The molecule has 0 unspecified atom stereocenters. The third kappa shape index (κ3) is 3.05. The first-order chi connectivity index (χ1) is 8.58. The quantitative estimate of drug-likeness (QED) is 0.823. The van der Waals surface area contributed by atoms with Gasteiger partial charge in [-0.25, -0.2) is 13.2 Å². The highest BCUT2D eigenvalue weighted by Crippen LogP contribution is 2.27. The zero-order valence-electron chi connectivity index (χ0n) is 10.3. The molecule has 18 heavy (non-hydrogen) atoms. The number of halogens is 3. The summed E-state index contributed by atoms with van der Waals surface area (Å²) in [6, 6.07) is 1.34. The molecule has 0 aromatic heterocycles. The van der Waals surface area contributed by atoms with E-state index >= 15 is 0 Å². The molecule has 4 heteroatoms. The molecular formula is C14H18F3N. The van der Waals surface area contributed by atoms with Crippen LogP contribution in [0.3, 0.4) is 0 Å². The van der Waals surface area contributed by atoms with E-state index in [9.17, 15) is 13.2 Å². The van der Waals surface area contributed by atoms with Gasteiger partial charge in [-0.1, -0.05) is 19.3 Å². The fourth-order valence-corrected chi connectivity index (χ4v) is 2.70. The summed E-state index contributed by atoms with van der Waals surface area (Å²) in [4.78, 5) is 0. The standard InChI is InChI=1S/C14H18F3N/c15-11-8-13(17)12(16)6-10(11)7-14(18)9-4-2-1-3-5-9/h6,8-9,14H,1-5,7,18H2/t14-/m1/s1. The third-order valence-electron chi connectivity index (χ3n) is 3.80. The van der Waals surface area contributed by atoms with Crippen molar-refractivity contribution in [3.05, 3.63) is 35.1 Å².